The van der Waals surface area contributed by atoms with Gasteiger partial charge in [0, 0.05) is 11.2 Å². The molecule has 0 unspecified atom stereocenters. The number of hydrogen-bond donors (Lipinski definition) is 2. The summed E-state index contributed by atoms with van der Waals surface area (Å²) in [6.07, 6.45) is 1.13. The zero-order valence-corrected chi connectivity index (χ0v) is 12.6. The maximum atomic E-state index is 11.4. The lowest BCUT2D eigenvalue weighted by atomic mass is 10.3. The molecule has 1 aromatic heterocycles. The van der Waals surface area contributed by atoms with Crippen LogP contribution in [0.1, 0.15) is 10.5 Å². The fourth-order valence-corrected chi connectivity index (χ4v) is 2.97. The largest absolute Gasteiger partial charge is 0.477 e. The van der Waals surface area contributed by atoms with E-state index in [9.17, 15) is 13.2 Å². The lowest BCUT2D eigenvalue weighted by Gasteiger charge is -2.06. The molecule has 0 amide bonds. The van der Waals surface area contributed by atoms with Gasteiger partial charge in [-0.05, 0) is 36.4 Å². The van der Waals surface area contributed by atoms with Crippen LogP contribution in [0.4, 0.5) is 5.69 Å². The predicted octanol–water partition coefficient (Wildman–Crippen LogP) is 1.92. The van der Waals surface area contributed by atoms with Gasteiger partial charge in [0.25, 0.3) is 0 Å². The van der Waals surface area contributed by atoms with Gasteiger partial charge in [-0.2, -0.15) is 0 Å². The fraction of sp³-hybridized carbons (Fsp3) is 0.0769. The molecule has 0 saturated carbocycles. The van der Waals surface area contributed by atoms with Crippen LogP contribution in [-0.2, 0) is 9.84 Å². The Bertz CT molecular complexity index is 786. The van der Waals surface area contributed by atoms with Crippen LogP contribution in [0.25, 0.3) is 0 Å². The Morgan fingerprint density at radius 1 is 1.19 bits per heavy atom. The van der Waals surface area contributed by atoms with E-state index in [0.717, 1.165) is 6.26 Å². The summed E-state index contributed by atoms with van der Waals surface area (Å²) in [7, 11) is -3.25. The van der Waals surface area contributed by atoms with Gasteiger partial charge in [0.2, 0.25) is 0 Å². The minimum Gasteiger partial charge on any atom is -0.477 e. The first-order valence-electron chi connectivity index (χ1n) is 5.75. The van der Waals surface area contributed by atoms with E-state index in [0.29, 0.717) is 15.6 Å². The second-order valence-electron chi connectivity index (χ2n) is 4.24. The Morgan fingerprint density at radius 2 is 1.81 bits per heavy atom. The number of carbonyl (C=O) groups is 1. The number of nitrogen functional groups attached to an aromatic ring is 1. The summed E-state index contributed by atoms with van der Waals surface area (Å²) in [5, 5.41) is 9.28. The van der Waals surface area contributed by atoms with Gasteiger partial charge >= 0.3 is 5.97 Å². The van der Waals surface area contributed by atoms with Crippen molar-refractivity contribution in [3.05, 3.63) is 42.1 Å². The van der Waals surface area contributed by atoms with Gasteiger partial charge in [-0.15, -0.1) is 0 Å². The zero-order valence-electron chi connectivity index (χ0n) is 11.0. The number of nitrogens with two attached hydrogens (primary N) is 1. The van der Waals surface area contributed by atoms with Crippen LogP contribution in [-0.4, -0.2) is 30.7 Å². The number of sulfone groups is 1. The molecule has 8 heteroatoms. The lowest BCUT2D eigenvalue weighted by molar-refractivity contribution is 0.0690. The van der Waals surface area contributed by atoms with Crippen LogP contribution in [0.3, 0.4) is 0 Å². The van der Waals surface area contributed by atoms with E-state index >= 15 is 0 Å². The smallest absolute Gasteiger partial charge is 0.354 e. The van der Waals surface area contributed by atoms with Crippen molar-refractivity contribution < 1.29 is 18.3 Å². The monoisotopic (exact) mass is 324 g/mol. The molecule has 0 spiro atoms. The van der Waals surface area contributed by atoms with Gasteiger partial charge in [0.15, 0.2) is 9.84 Å². The molecule has 3 N–H and O–H groups in total. The van der Waals surface area contributed by atoms with Gasteiger partial charge in [0.05, 0.1) is 10.6 Å². The SMILES string of the molecule is CS(=O)(=O)c1ccc(Sc2nc(C(=O)O)ccc2N)cc1. The molecule has 1 heterocycles. The van der Waals surface area contributed by atoms with E-state index in [2.05, 4.69) is 4.98 Å². The number of aromatic carboxylic acids is 1. The molecule has 0 aliphatic heterocycles. The predicted molar refractivity (Wildman–Crippen MR) is 79.3 cm³/mol. The van der Waals surface area contributed by atoms with E-state index in [-0.39, 0.29) is 10.6 Å². The molecular formula is C13H12N2O4S2. The van der Waals surface area contributed by atoms with Crippen molar-refractivity contribution in [3.8, 4) is 0 Å². The highest BCUT2D eigenvalue weighted by Crippen LogP contribution is 2.31. The molecule has 0 radical (unpaired) electrons. The maximum Gasteiger partial charge on any atom is 0.354 e. The number of carboxylic acid groups (broad SMARTS) is 1. The molecule has 0 aliphatic carbocycles. The quantitative estimate of drug-likeness (QED) is 0.883. The van der Waals surface area contributed by atoms with Crippen LogP contribution >= 0.6 is 11.8 Å². The Labute approximate surface area is 125 Å². The number of pyridine rings is 1. The van der Waals surface area contributed by atoms with Crippen LogP contribution in [0.15, 0.2) is 51.2 Å². The summed E-state index contributed by atoms with van der Waals surface area (Å²) < 4.78 is 22.7. The van der Waals surface area contributed by atoms with E-state index in [1.54, 1.807) is 12.1 Å². The Morgan fingerprint density at radius 3 is 2.33 bits per heavy atom. The molecule has 0 saturated heterocycles. The van der Waals surface area contributed by atoms with Crippen LogP contribution in [0.2, 0.25) is 0 Å². The van der Waals surface area contributed by atoms with Crippen molar-refractivity contribution in [1.29, 1.82) is 0 Å². The molecule has 1 aromatic carbocycles. The van der Waals surface area contributed by atoms with Gasteiger partial charge < -0.3 is 10.8 Å². The van der Waals surface area contributed by atoms with E-state index < -0.39 is 15.8 Å². The first-order valence-corrected chi connectivity index (χ1v) is 8.46. The molecule has 0 bridgehead atoms. The molecular weight excluding hydrogens is 312 g/mol. The first kappa shape index (κ1) is 15.3. The Kier molecular flexibility index (Phi) is 4.19. The summed E-state index contributed by atoms with van der Waals surface area (Å²) in [5.74, 6) is -1.13. The van der Waals surface area contributed by atoms with Crippen molar-refractivity contribution in [2.24, 2.45) is 0 Å². The van der Waals surface area contributed by atoms with Crippen molar-refractivity contribution in [1.82, 2.24) is 4.98 Å². The molecule has 0 fully saturated rings. The van der Waals surface area contributed by atoms with Crippen molar-refractivity contribution in [3.63, 3.8) is 0 Å². The van der Waals surface area contributed by atoms with Gasteiger partial charge in [0.1, 0.15) is 10.7 Å². The lowest BCUT2D eigenvalue weighted by Crippen LogP contribution is -2.02. The Balaban J connectivity index is 2.30. The third kappa shape index (κ3) is 3.73. The third-order valence-corrected chi connectivity index (χ3v) is 4.73. The highest BCUT2D eigenvalue weighted by molar-refractivity contribution is 7.99. The molecule has 0 aliphatic rings. The summed E-state index contributed by atoms with van der Waals surface area (Å²) in [5.41, 5.74) is 6.03. The maximum absolute atomic E-state index is 11.4. The van der Waals surface area contributed by atoms with Crippen LogP contribution in [0.5, 0.6) is 0 Å². The van der Waals surface area contributed by atoms with Gasteiger partial charge in [-0.25, -0.2) is 18.2 Å². The summed E-state index contributed by atoms with van der Waals surface area (Å²) in [4.78, 5) is 15.8. The fourth-order valence-electron chi connectivity index (χ4n) is 1.52. The number of hydrogen-bond acceptors (Lipinski definition) is 6. The number of benzene rings is 1. The normalized spacial score (nSPS) is 11.3. The molecule has 110 valence electrons. The molecule has 2 aromatic rings. The number of carboxylic acids is 1. The second kappa shape index (κ2) is 5.74. The molecule has 6 nitrogen and oxygen atoms in total. The average Bonchev–Trinajstić information content (AvgIpc) is 2.40. The number of anilines is 1. The Hall–Kier alpha value is -2.06. The average molecular weight is 324 g/mol. The minimum atomic E-state index is -3.25. The summed E-state index contributed by atoms with van der Waals surface area (Å²) >= 11 is 1.17. The van der Waals surface area contributed by atoms with E-state index in [1.165, 1.54) is 36.0 Å². The van der Waals surface area contributed by atoms with Crippen molar-refractivity contribution in [2.75, 3.05) is 12.0 Å². The highest BCUT2D eigenvalue weighted by Gasteiger charge is 2.11. The van der Waals surface area contributed by atoms with Crippen molar-refractivity contribution >= 4 is 33.3 Å². The van der Waals surface area contributed by atoms with Gasteiger partial charge in [-0.1, -0.05) is 11.8 Å². The topological polar surface area (TPSA) is 110 Å². The molecule has 2 rings (SSSR count). The minimum absolute atomic E-state index is 0.0977. The highest BCUT2D eigenvalue weighted by atomic mass is 32.2. The third-order valence-electron chi connectivity index (χ3n) is 2.58. The molecule has 0 atom stereocenters. The van der Waals surface area contributed by atoms with E-state index in [4.69, 9.17) is 10.8 Å². The standard InChI is InChI=1S/C13H12N2O4S2/c1-21(18,19)9-4-2-8(3-5-9)20-12-10(14)6-7-11(15-12)13(16)17/h2-7H,14H2,1H3,(H,16,17). The van der Waals surface area contributed by atoms with Crippen LogP contribution < -0.4 is 5.73 Å². The number of aromatic nitrogens is 1. The van der Waals surface area contributed by atoms with Crippen molar-refractivity contribution in [2.45, 2.75) is 14.8 Å². The number of rotatable bonds is 4. The van der Waals surface area contributed by atoms with E-state index in [1.807, 2.05) is 0 Å². The van der Waals surface area contributed by atoms with Gasteiger partial charge in [-0.3, -0.25) is 0 Å². The van der Waals surface area contributed by atoms with Crippen LogP contribution in [0, 0.1) is 0 Å². The zero-order chi connectivity index (χ0) is 15.6. The first-order chi connectivity index (χ1) is 9.77. The summed E-state index contributed by atoms with van der Waals surface area (Å²) in [6, 6.07) is 9.01. The number of nitrogens with zero attached hydrogens (tertiary/aromatic N) is 1. The molecule has 21 heavy (non-hydrogen) atoms. The summed E-state index contributed by atoms with van der Waals surface area (Å²) in [6.45, 7) is 0. The second-order valence-corrected chi connectivity index (χ2v) is 7.32.